The minimum Gasteiger partial charge on any atom is -0.496 e. The van der Waals surface area contributed by atoms with Gasteiger partial charge in [-0.1, -0.05) is 40.7 Å². The van der Waals surface area contributed by atoms with Gasteiger partial charge in [0.15, 0.2) is 0 Å². The molecule has 3 rings (SSSR count). The second-order valence-electron chi connectivity index (χ2n) is 10.5. The predicted octanol–water partition coefficient (Wildman–Crippen LogP) is 5.17. The van der Waals surface area contributed by atoms with E-state index in [1.807, 2.05) is 25.3 Å². The Morgan fingerprint density at radius 1 is 1.29 bits per heavy atom. The molecule has 1 aromatic carbocycles. The van der Waals surface area contributed by atoms with Gasteiger partial charge in [-0.05, 0) is 41.9 Å². The molecule has 0 bridgehead atoms. The average molecular weight is 489 g/mol. The molecule has 2 aromatic rings. The molecule has 1 aliphatic heterocycles. The number of hydrogen-bond acceptors (Lipinski definition) is 6. The number of ether oxygens (including phenoxy) is 2. The van der Waals surface area contributed by atoms with Crippen molar-refractivity contribution in [2.75, 3.05) is 20.8 Å². The Hall–Kier alpha value is -2.45. The number of methoxy groups -OCH3 is 2. The molecule has 0 aliphatic carbocycles. The summed E-state index contributed by atoms with van der Waals surface area (Å²) in [5.41, 5.74) is -0.149. The van der Waals surface area contributed by atoms with Gasteiger partial charge in [0.1, 0.15) is 16.3 Å². The quantitative estimate of drug-likeness (QED) is 0.552. The van der Waals surface area contributed by atoms with Crippen LogP contribution in [0.15, 0.2) is 29.8 Å². The molecule has 1 saturated heterocycles. The monoisotopic (exact) mass is 488 g/mol. The highest BCUT2D eigenvalue weighted by Crippen LogP contribution is 2.51. The van der Waals surface area contributed by atoms with E-state index in [0.717, 1.165) is 10.6 Å². The Bertz CT molecular complexity index is 1010. The van der Waals surface area contributed by atoms with Crippen LogP contribution in [0.5, 0.6) is 5.75 Å². The molecular weight excluding hydrogens is 452 g/mol. The summed E-state index contributed by atoms with van der Waals surface area (Å²) < 4.78 is 11.1. The number of carboxylic acid groups (broad SMARTS) is 1. The van der Waals surface area contributed by atoms with Crippen molar-refractivity contribution in [1.29, 1.82) is 0 Å². The number of carbonyl (C=O) groups is 2. The van der Waals surface area contributed by atoms with E-state index in [1.54, 1.807) is 37.4 Å². The largest absolute Gasteiger partial charge is 0.496 e. The van der Waals surface area contributed by atoms with E-state index in [-0.39, 0.29) is 23.2 Å². The van der Waals surface area contributed by atoms with Crippen molar-refractivity contribution < 1.29 is 24.2 Å². The van der Waals surface area contributed by atoms with Gasteiger partial charge in [0, 0.05) is 30.2 Å². The normalized spacial score (nSPS) is 22.9. The molecule has 2 heterocycles. The van der Waals surface area contributed by atoms with Crippen LogP contribution in [0.2, 0.25) is 0 Å². The molecule has 3 atom stereocenters. The Morgan fingerprint density at radius 2 is 2.00 bits per heavy atom. The fraction of sp³-hybridized carbons (Fsp3) is 0.577. The van der Waals surface area contributed by atoms with E-state index in [0.29, 0.717) is 30.8 Å². The van der Waals surface area contributed by atoms with Gasteiger partial charge < -0.3 is 19.5 Å². The number of hydrogen-bond donors (Lipinski definition) is 1. The zero-order valence-corrected chi connectivity index (χ0v) is 21.9. The van der Waals surface area contributed by atoms with Crippen molar-refractivity contribution in [3.8, 4) is 5.75 Å². The molecule has 0 radical (unpaired) electrons. The molecule has 186 valence electrons. The van der Waals surface area contributed by atoms with E-state index in [1.165, 1.54) is 11.3 Å². The molecule has 7 nitrogen and oxygen atoms in total. The first-order valence-electron chi connectivity index (χ1n) is 11.6. The van der Waals surface area contributed by atoms with Crippen LogP contribution in [-0.4, -0.2) is 53.2 Å². The highest BCUT2D eigenvalue weighted by atomic mass is 32.1. The molecule has 0 unspecified atom stereocenters. The Morgan fingerprint density at radius 3 is 2.50 bits per heavy atom. The van der Waals surface area contributed by atoms with Gasteiger partial charge in [0.2, 0.25) is 0 Å². The second-order valence-corrected chi connectivity index (χ2v) is 11.4. The molecular formula is C26H36N2O5S. The Balaban J connectivity index is 2.19. The maximum atomic E-state index is 14.2. The van der Waals surface area contributed by atoms with Crippen molar-refractivity contribution in [3.63, 3.8) is 0 Å². The van der Waals surface area contributed by atoms with Crippen LogP contribution >= 0.6 is 11.3 Å². The summed E-state index contributed by atoms with van der Waals surface area (Å²) in [6.45, 7) is 10.6. The predicted molar refractivity (Wildman–Crippen MR) is 133 cm³/mol. The number of carbonyl (C=O) groups excluding carboxylic acids is 1. The van der Waals surface area contributed by atoms with Gasteiger partial charge >= 0.3 is 5.97 Å². The summed E-state index contributed by atoms with van der Waals surface area (Å²) in [4.78, 5) is 33.1. The number of thiazole rings is 1. The molecule has 1 N–H and O–H groups in total. The van der Waals surface area contributed by atoms with Crippen molar-refractivity contribution >= 4 is 23.2 Å². The molecule has 1 aliphatic rings. The lowest BCUT2D eigenvalue weighted by atomic mass is 9.83. The third-order valence-electron chi connectivity index (χ3n) is 6.49. The minimum atomic E-state index is -1.36. The van der Waals surface area contributed by atoms with Crippen LogP contribution < -0.4 is 4.74 Å². The first kappa shape index (κ1) is 26.2. The molecule has 1 aromatic heterocycles. The number of likely N-dealkylation sites (tertiary alicyclic amines) is 1. The number of aromatic nitrogens is 1. The van der Waals surface area contributed by atoms with E-state index in [9.17, 15) is 14.7 Å². The summed E-state index contributed by atoms with van der Waals surface area (Å²) in [5.74, 6) is -0.830. The molecule has 8 heteroatoms. The third-order valence-corrected chi connectivity index (χ3v) is 7.34. The zero-order valence-electron chi connectivity index (χ0n) is 21.1. The Labute approximate surface area is 206 Å². The third kappa shape index (κ3) is 4.84. The maximum absolute atomic E-state index is 14.2. The van der Waals surface area contributed by atoms with Crippen LogP contribution in [-0.2, 0) is 14.9 Å². The standard InChI is InChI=1S/C26H36N2O5S/c1-16(2)13-26(24(30)31)14-18(15-32-6)21(22-27-10-11-34-22)28(26)23(29)17-8-9-19(25(3,4)5)20(12-17)33-7/h8-12,16,18,21H,13-15H2,1-7H3,(H,30,31)/t18-,21-,26+/m1/s1. The van der Waals surface area contributed by atoms with Gasteiger partial charge in [-0.3, -0.25) is 4.79 Å². The smallest absolute Gasteiger partial charge is 0.329 e. The average Bonchev–Trinajstić information content (AvgIpc) is 3.38. The van der Waals surface area contributed by atoms with E-state index in [4.69, 9.17) is 9.47 Å². The van der Waals surface area contributed by atoms with Crippen LogP contribution in [0.3, 0.4) is 0 Å². The van der Waals surface area contributed by atoms with Gasteiger partial charge in [-0.15, -0.1) is 11.3 Å². The lowest BCUT2D eigenvalue weighted by Gasteiger charge is -2.39. The summed E-state index contributed by atoms with van der Waals surface area (Å²) in [7, 11) is 3.19. The number of aliphatic carboxylic acids is 1. The number of carboxylic acids is 1. The lowest BCUT2D eigenvalue weighted by Crippen LogP contribution is -2.54. The molecule has 0 saturated carbocycles. The van der Waals surface area contributed by atoms with Crippen LogP contribution in [0.25, 0.3) is 0 Å². The van der Waals surface area contributed by atoms with E-state index in [2.05, 4.69) is 25.8 Å². The zero-order chi connectivity index (χ0) is 25.3. The first-order valence-corrected chi connectivity index (χ1v) is 12.5. The summed E-state index contributed by atoms with van der Waals surface area (Å²) >= 11 is 1.43. The fourth-order valence-corrected chi connectivity index (χ4v) is 6.04. The SMILES string of the molecule is COC[C@H]1C[C@@](CC(C)C)(C(=O)O)N(C(=O)c2ccc(C(C)(C)C)c(OC)c2)[C@H]1c1nccs1. The topological polar surface area (TPSA) is 89.0 Å². The summed E-state index contributed by atoms with van der Waals surface area (Å²) in [6.07, 6.45) is 2.34. The number of benzene rings is 1. The molecule has 0 spiro atoms. The molecule has 34 heavy (non-hydrogen) atoms. The van der Waals surface area contributed by atoms with Crippen molar-refractivity contribution in [2.45, 2.75) is 64.5 Å². The van der Waals surface area contributed by atoms with Crippen LogP contribution in [0.1, 0.15) is 74.4 Å². The van der Waals surface area contributed by atoms with Crippen molar-refractivity contribution in [2.24, 2.45) is 11.8 Å². The minimum absolute atomic E-state index is 0.0717. The highest BCUT2D eigenvalue weighted by Gasteiger charge is 2.59. The van der Waals surface area contributed by atoms with E-state index >= 15 is 0 Å². The van der Waals surface area contributed by atoms with Crippen LogP contribution in [0.4, 0.5) is 0 Å². The highest BCUT2D eigenvalue weighted by molar-refractivity contribution is 7.09. The van der Waals surface area contributed by atoms with E-state index < -0.39 is 17.6 Å². The molecule has 1 fully saturated rings. The summed E-state index contributed by atoms with van der Waals surface area (Å²) in [5, 5.41) is 13.1. The van der Waals surface area contributed by atoms with Crippen LogP contribution in [0, 0.1) is 11.8 Å². The first-order chi connectivity index (χ1) is 16.0. The summed E-state index contributed by atoms with van der Waals surface area (Å²) in [6, 6.07) is 4.91. The Kier molecular flexibility index (Phi) is 7.72. The lowest BCUT2D eigenvalue weighted by molar-refractivity contribution is -0.150. The number of amides is 1. The fourth-order valence-electron chi connectivity index (χ4n) is 5.22. The number of nitrogens with zero attached hydrogens (tertiary/aromatic N) is 2. The van der Waals surface area contributed by atoms with Gasteiger partial charge in [0.25, 0.3) is 5.91 Å². The van der Waals surface area contributed by atoms with Gasteiger partial charge in [0.05, 0.1) is 19.8 Å². The number of rotatable bonds is 8. The van der Waals surface area contributed by atoms with Crippen molar-refractivity contribution in [3.05, 3.63) is 45.9 Å². The second kappa shape index (κ2) is 10.0. The van der Waals surface area contributed by atoms with Crippen molar-refractivity contribution in [1.82, 2.24) is 9.88 Å². The van der Waals surface area contributed by atoms with Gasteiger partial charge in [-0.25, -0.2) is 9.78 Å². The maximum Gasteiger partial charge on any atom is 0.329 e. The molecule has 1 amide bonds. The van der Waals surface area contributed by atoms with Gasteiger partial charge in [-0.2, -0.15) is 0 Å².